The van der Waals surface area contributed by atoms with Crippen LogP contribution in [-0.2, 0) is 11.3 Å². The predicted molar refractivity (Wildman–Crippen MR) is 130 cm³/mol. The van der Waals surface area contributed by atoms with E-state index in [2.05, 4.69) is 10.3 Å². The number of rotatable bonds is 11. The highest BCUT2D eigenvalue weighted by Crippen LogP contribution is 2.40. The van der Waals surface area contributed by atoms with Gasteiger partial charge in [-0.25, -0.2) is 9.97 Å². The zero-order chi connectivity index (χ0) is 24.5. The first kappa shape index (κ1) is 24.8. The molecule has 0 saturated carbocycles. The van der Waals surface area contributed by atoms with Crippen molar-refractivity contribution < 1.29 is 23.7 Å². The molecule has 0 atom stereocenters. The summed E-state index contributed by atoms with van der Waals surface area (Å²) in [4.78, 5) is 24.1. The Morgan fingerprint density at radius 1 is 1.00 bits per heavy atom. The summed E-state index contributed by atoms with van der Waals surface area (Å²) in [7, 11) is 8.12. The van der Waals surface area contributed by atoms with Crippen LogP contribution >= 0.6 is 0 Å². The molecule has 9 nitrogen and oxygen atoms in total. The smallest absolute Gasteiger partial charge is 0.256 e. The quantitative estimate of drug-likeness (QED) is 0.431. The average Bonchev–Trinajstić information content (AvgIpc) is 2.88. The maximum Gasteiger partial charge on any atom is 0.256 e. The van der Waals surface area contributed by atoms with E-state index in [4.69, 9.17) is 23.9 Å². The summed E-state index contributed by atoms with van der Waals surface area (Å²) >= 11 is 0. The lowest BCUT2D eigenvalue weighted by molar-refractivity contribution is 0.0937. The van der Waals surface area contributed by atoms with Crippen LogP contribution in [0.2, 0.25) is 0 Å². The second-order valence-corrected chi connectivity index (χ2v) is 7.44. The van der Waals surface area contributed by atoms with Crippen molar-refractivity contribution in [1.29, 1.82) is 0 Å². The van der Waals surface area contributed by atoms with Crippen LogP contribution in [0, 0.1) is 0 Å². The summed E-state index contributed by atoms with van der Waals surface area (Å²) in [6.45, 7) is 1.35. The van der Waals surface area contributed by atoms with Crippen LogP contribution < -0.4 is 24.4 Å². The van der Waals surface area contributed by atoms with Crippen LogP contribution in [0.25, 0.3) is 11.4 Å². The van der Waals surface area contributed by atoms with E-state index in [-0.39, 0.29) is 5.91 Å². The standard InChI is InChI=1S/C25H30N4O5/c1-29(16-17-9-7-6-8-10-17)24-19(25(30)26-11-12-31-2)15-27-23(28-24)18-13-20(32-3)22(34-5)21(14-18)33-4/h6-10,13-15H,11-12,16H2,1-5H3,(H,26,30). The minimum Gasteiger partial charge on any atom is -0.493 e. The maximum atomic E-state index is 12.9. The molecule has 3 rings (SSSR count). The number of carbonyl (C=O) groups excluding carboxylic acids is 1. The van der Waals surface area contributed by atoms with Gasteiger partial charge in [0.15, 0.2) is 17.3 Å². The molecule has 0 aliphatic heterocycles. The monoisotopic (exact) mass is 466 g/mol. The van der Waals surface area contributed by atoms with Gasteiger partial charge in [-0.2, -0.15) is 0 Å². The summed E-state index contributed by atoms with van der Waals surface area (Å²) in [5, 5.41) is 2.84. The summed E-state index contributed by atoms with van der Waals surface area (Å²) in [5.41, 5.74) is 2.12. The molecular formula is C25H30N4O5. The molecule has 180 valence electrons. The Hall–Kier alpha value is -3.85. The van der Waals surface area contributed by atoms with Crippen LogP contribution in [0.1, 0.15) is 15.9 Å². The molecule has 1 N–H and O–H groups in total. The number of hydrogen-bond acceptors (Lipinski definition) is 8. The second kappa shape index (κ2) is 11.9. The van der Waals surface area contributed by atoms with E-state index in [1.807, 2.05) is 42.3 Å². The average molecular weight is 467 g/mol. The lowest BCUT2D eigenvalue weighted by atomic mass is 10.1. The Bertz CT molecular complexity index is 1080. The number of hydrogen-bond donors (Lipinski definition) is 1. The van der Waals surface area contributed by atoms with Gasteiger partial charge in [-0.15, -0.1) is 0 Å². The fraction of sp³-hybridized carbons (Fsp3) is 0.320. The van der Waals surface area contributed by atoms with Gasteiger partial charge in [0.05, 0.1) is 27.9 Å². The van der Waals surface area contributed by atoms with Crippen LogP contribution in [0.3, 0.4) is 0 Å². The third kappa shape index (κ3) is 5.74. The van der Waals surface area contributed by atoms with Crippen molar-refractivity contribution in [2.24, 2.45) is 0 Å². The van der Waals surface area contributed by atoms with Crippen LogP contribution in [0.5, 0.6) is 17.2 Å². The largest absolute Gasteiger partial charge is 0.493 e. The van der Waals surface area contributed by atoms with Crippen molar-refractivity contribution in [2.75, 3.05) is 53.5 Å². The highest BCUT2D eigenvalue weighted by molar-refractivity contribution is 5.98. The minimum absolute atomic E-state index is 0.275. The molecule has 0 fully saturated rings. The minimum atomic E-state index is -0.275. The Kier molecular flexibility index (Phi) is 8.64. The number of aromatic nitrogens is 2. The molecule has 0 aliphatic rings. The lowest BCUT2D eigenvalue weighted by Gasteiger charge is -2.22. The highest BCUT2D eigenvalue weighted by Gasteiger charge is 2.21. The van der Waals surface area contributed by atoms with Crippen molar-refractivity contribution in [3.05, 3.63) is 59.8 Å². The maximum absolute atomic E-state index is 12.9. The van der Waals surface area contributed by atoms with Crippen molar-refractivity contribution >= 4 is 11.7 Å². The molecule has 9 heteroatoms. The van der Waals surface area contributed by atoms with Crippen molar-refractivity contribution in [3.63, 3.8) is 0 Å². The van der Waals surface area contributed by atoms with Gasteiger partial charge in [-0.1, -0.05) is 30.3 Å². The third-order valence-electron chi connectivity index (χ3n) is 5.15. The number of carbonyl (C=O) groups is 1. The van der Waals surface area contributed by atoms with Crippen LogP contribution in [0.15, 0.2) is 48.7 Å². The van der Waals surface area contributed by atoms with Crippen molar-refractivity contribution in [2.45, 2.75) is 6.54 Å². The summed E-state index contributed by atoms with van der Waals surface area (Å²) < 4.78 is 21.4. The van der Waals surface area contributed by atoms with E-state index in [1.165, 1.54) is 6.20 Å². The zero-order valence-corrected chi connectivity index (χ0v) is 20.1. The van der Waals surface area contributed by atoms with E-state index < -0.39 is 0 Å². The summed E-state index contributed by atoms with van der Waals surface area (Å²) in [6, 6.07) is 13.5. The number of amides is 1. The number of nitrogens with one attached hydrogen (secondary N) is 1. The van der Waals surface area contributed by atoms with E-state index in [0.717, 1.165) is 5.56 Å². The fourth-order valence-corrected chi connectivity index (χ4v) is 3.47. The molecule has 3 aromatic rings. The lowest BCUT2D eigenvalue weighted by Crippen LogP contribution is -2.30. The SMILES string of the molecule is COCCNC(=O)c1cnc(-c2cc(OC)c(OC)c(OC)c2)nc1N(C)Cc1ccccc1. The number of nitrogens with zero attached hydrogens (tertiary/aromatic N) is 3. The Morgan fingerprint density at radius 2 is 1.68 bits per heavy atom. The molecule has 0 saturated heterocycles. The predicted octanol–water partition coefficient (Wildman–Crippen LogP) is 3.18. The van der Waals surface area contributed by atoms with Crippen LogP contribution in [-0.4, -0.2) is 64.5 Å². The third-order valence-corrected chi connectivity index (χ3v) is 5.15. The van der Waals surface area contributed by atoms with Gasteiger partial charge in [-0.3, -0.25) is 4.79 Å². The van der Waals surface area contributed by atoms with E-state index in [9.17, 15) is 4.79 Å². The first-order valence-corrected chi connectivity index (χ1v) is 10.7. The van der Waals surface area contributed by atoms with Gasteiger partial charge < -0.3 is 29.2 Å². The summed E-state index contributed by atoms with van der Waals surface area (Å²) in [5.74, 6) is 2.09. The number of benzene rings is 2. The second-order valence-electron chi connectivity index (χ2n) is 7.44. The molecule has 0 radical (unpaired) electrons. The van der Waals surface area contributed by atoms with Gasteiger partial charge in [-0.05, 0) is 17.7 Å². The van der Waals surface area contributed by atoms with Gasteiger partial charge in [0.1, 0.15) is 11.4 Å². The van der Waals surface area contributed by atoms with Crippen LogP contribution in [0.4, 0.5) is 5.82 Å². The first-order chi connectivity index (χ1) is 16.5. The molecule has 1 heterocycles. The number of methoxy groups -OCH3 is 4. The molecule has 0 aliphatic carbocycles. The zero-order valence-electron chi connectivity index (χ0n) is 20.1. The molecule has 1 aromatic heterocycles. The van der Waals surface area contributed by atoms with Crippen molar-refractivity contribution in [1.82, 2.24) is 15.3 Å². The molecule has 2 aromatic carbocycles. The van der Waals surface area contributed by atoms with Gasteiger partial charge in [0, 0.05) is 39.0 Å². The molecule has 34 heavy (non-hydrogen) atoms. The fourth-order valence-electron chi connectivity index (χ4n) is 3.47. The highest BCUT2D eigenvalue weighted by atomic mass is 16.5. The Morgan fingerprint density at radius 3 is 2.26 bits per heavy atom. The Balaban J connectivity index is 2.05. The normalized spacial score (nSPS) is 10.5. The van der Waals surface area contributed by atoms with Crippen molar-refractivity contribution in [3.8, 4) is 28.6 Å². The first-order valence-electron chi connectivity index (χ1n) is 10.7. The Labute approximate surface area is 199 Å². The molecule has 0 spiro atoms. The topological polar surface area (TPSA) is 95.0 Å². The van der Waals surface area contributed by atoms with Gasteiger partial charge in [0.25, 0.3) is 5.91 Å². The molecular weight excluding hydrogens is 436 g/mol. The number of anilines is 1. The van der Waals surface area contributed by atoms with Gasteiger partial charge >= 0.3 is 0 Å². The van der Waals surface area contributed by atoms with E-state index in [0.29, 0.717) is 59.7 Å². The molecule has 0 unspecified atom stereocenters. The summed E-state index contributed by atoms with van der Waals surface area (Å²) in [6.07, 6.45) is 1.53. The number of ether oxygens (including phenoxy) is 4. The van der Waals surface area contributed by atoms with E-state index >= 15 is 0 Å². The molecule has 0 bridgehead atoms. The van der Waals surface area contributed by atoms with E-state index in [1.54, 1.807) is 40.6 Å². The van der Waals surface area contributed by atoms with Gasteiger partial charge in [0.2, 0.25) is 5.75 Å². The molecule has 1 amide bonds.